The first-order valence-electron chi connectivity index (χ1n) is 7.38. The van der Waals surface area contributed by atoms with Crippen LogP contribution in [-0.4, -0.2) is 17.4 Å². The molecular weight excluding hydrogens is 364 g/mol. The number of aliphatic hydroxyl groups is 1. The standard InChI is InChI=1S/C17H15F6NO2/c18-16(19,20)12-5-1-3-10(7-12)9-26-13-6-2-4-11(8-13)14(24)15(25)17(21,22)23/h1-8,14-15,25H,9,24H2. The van der Waals surface area contributed by atoms with Crippen molar-refractivity contribution in [3.63, 3.8) is 0 Å². The van der Waals surface area contributed by atoms with Crippen molar-refractivity contribution < 1.29 is 36.2 Å². The lowest BCUT2D eigenvalue weighted by molar-refractivity contribution is -0.210. The smallest absolute Gasteiger partial charge is 0.416 e. The minimum absolute atomic E-state index is 0.0173. The molecule has 0 saturated carbocycles. The molecule has 0 aliphatic carbocycles. The van der Waals surface area contributed by atoms with Crippen LogP contribution in [-0.2, 0) is 12.8 Å². The number of ether oxygens (including phenoxy) is 1. The second-order valence-electron chi connectivity index (χ2n) is 5.57. The molecular formula is C17H15F6NO2. The highest BCUT2D eigenvalue weighted by molar-refractivity contribution is 5.32. The summed E-state index contributed by atoms with van der Waals surface area (Å²) in [5.74, 6) is 0.115. The molecule has 0 heterocycles. The van der Waals surface area contributed by atoms with Gasteiger partial charge in [-0.2, -0.15) is 26.3 Å². The van der Waals surface area contributed by atoms with Crippen molar-refractivity contribution in [1.29, 1.82) is 0 Å². The molecule has 2 aromatic rings. The third-order valence-corrected chi connectivity index (χ3v) is 3.58. The highest BCUT2D eigenvalue weighted by atomic mass is 19.4. The molecule has 3 N–H and O–H groups in total. The Kier molecular flexibility index (Phi) is 5.82. The molecule has 0 aromatic heterocycles. The number of nitrogens with two attached hydrogens (primary N) is 1. The van der Waals surface area contributed by atoms with Crippen molar-refractivity contribution >= 4 is 0 Å². The third-order valence-electron chi connectivity index (χ3n) is 3.58. The van der Waals surface area contributed by atoms with E-state index in [0.717, 1.165) is 12.1 Å². The summed E-state index contributed by atoms with van der Waals surface area (Å²) in [7, 11) is 0. The average molecular weight is 379 g/mol. The zero-order valence-corrected chi connectivity index (χ0v) is 13.2. The molecule has 0 fully saturated rings. The van der Waals surface area contributed by atoms with Crippen molar-refractivity contribution in [1.82, 2.24) is 0 Å². The third kappa shape index (κ3) is 5.12. The summed E-state index contributed by atoms with van der Waals surface area (Å²) in [5.41, 5.74) is 4.81. The first kappa shape index (κ1) is 20.1. The number of hydrogen-bond acceptors (Lipinski definition) is 3. The molecule has 0 spiro atoms. The monoisotopic (exact) mass is 379 g/mol. The van der Waals surface area contributed by atoms with Crippen molar-refractivity contribution in [2.75, 3.05) is 0 Å². The van der Waals surface area contributed by atoms with Gasteiger partial charge in [-0.05, 0) is 35.4 Å². The Bertz CT molecular complexity index is 745. The molecule has 142 valence electrons. The van der Waals surface area contributed by atoms with E-state index in [2.05, 4.69) is 0 Å². The van der Waals surface area contributed by atoms with Crippen molar-refractivity contribution in [3.8, 4) is 5.75 Å². The number of hydrogen-bond donors (Lipinski definition) is 2. The van der Waals surface area contributed by atoms with Crippen LogP contribution in [0.25, 0.3) is 0 Å². The van der Waals surface area contributed by atoms with E-state index in [0.29, 0.717) is 0 Å². The Morgan fingerprint density at radius 1 is 0.962 bits per heavy atom. The van der Waals surface area contributed by atoms with Crippen LogP contribution in [0.5, 0.6) is 5.75 Å². The maximum absolute atomic E-state index is 12.7. The molecule has 2 rings (SSSR count). The van der Waals surface area contributed by atoms with E-state index >= 15 is 0 Å². The van der Waals surface area contributed by atoms with Crippen LogP contribution >= 0.6 is 0 Å². The molecule has 2 unspecified atom stereocenters. The van der Waals surface area contributed by atoms with Gasteiger partial charge in [0.15, 0.2) is 6.10 Å². The van der Waals surface area contributed by atoms with Gasteiger partial charge in [0, 0.05) is 0 Å². The van der Waals surface area contributed by atoms with Gasteiger partial charge in [-0.1, -0.05) is 24.3 Å². The van der Waals surface area contributed by atoms with Gasteiger partial charge in [-0.25, -0.2) is 0 Å². The maximum atomic E-state index is 12.7. The number of halogens is 6. The maximum Gasteiger partial charge on any atom is 0.416 e. The van der Waals surface area contributed by atoms with Crippen molar-refractivity contribution in [2.45, 2.75) is 31.1 Å². The second-order valence-corrected chi connectivity index (χ2v) is 5.57. The largest absolute Gasteiger partial charge is 0.489 e. The van der Waals surface area contributed by atoms with Crippen LogP contribution in [0, 0.1) is 0 Å². The molecule has 0 aliphatic rings. The van der Waals surface area contributed by atoms with E-state index in [1.807, 2.05) is 0 Å². The molecule has 2 atom stereocenters. The van der Waals surface area contributed by atoms with Crippen molar-refractivity contribution in [3.05, 3.63) is 65.2 Å². The summed E-state index contributed by atoms with van der Waals surface area (Å²) >= 11 is 0. The fourth-order valence-electron chi connectivity index (χ4n) is 2.20. The molecule has 26 heavy (non-hydrogen) atoms. The van der Waals surface area contributed by atoms with E-state index < -0.39 is 30.1 Å². The first-order valence-corrected chi connectivity index (χ1v) is 7.38. The predicted molar refractivity (Wildman–Crippen MR) is 81.2 cm³/mol. The molecule has 0 radical (unpaired) electrons. The Balaban J connectivity index is 2.10. The Labute approximate surface area is 145 Å². The zero-order valence-electron chi connectivity index (χ0n) is 13.2. The van der Waals surface area contributed by atoms with Crippen molar-refractivity contribution in [2.24, 2.45) is 5.73 Å². The van der Waals surface area contributed by atoms with Gasteiger partial charge in [-0.3, -0.25) is 0 Å². The van der Waals surface area contributed by atoms with E-state index in [1.165, 1.54) is 36.4 Å². The molecule has 0 amide bonds. The number of aliphatic hydroxyl groups excluding tert-OH is 1. The van der Waals surface area contributed by atoms with Gasteiger partial charge < -0.3 is 15.6 Å². The highest BCUT2D eigenvalue weighted by Crippen LogP contribution is 2.31. The van der Waals surface area contributed by atoms with E-state index in [-0.39, 0.29) is 23.5 Å². The highest BCUT2D eigenvalue weighted by Gasteiger charge is 2.42. The molecule has 9 heteroatoms. The minimum Gasteiger partial charge on any atom is -0.489 e. The van der Waals surface area contributed by atoms with Crippen LogP contribution in [0.4, 0.5) is 26.3 Å². The van der Waals surface area contributed by atoms with Crippen LogP contribution in [0.15, 0.2) is 48.5 Å². The normalized spacial score (nSPS) is 14.8. The van der Waals surface area contributed by atoms with Gasteiger partial charge in [0.05, 0.1) is 11.6 Å². The Hall–Kier alpha value is -2.26. The molecule has 0 aliphatic heterocycles. The van der Waals surface area contributed by atoms with Gasteiger partial charge in [0.25, 0.3) is 0 Å². The number of rotatable bonds is 5. The average Bonchev–Trinajstić information content (AvgIpc) is 2.57. The summed E-state index contributed by atoms with van der Waals surface area (Å²) in [4.78, 5) is 0. The lowest BCUT2D eigenvalue weighted by Crippen LogP contribution is -2.38. The summed E-state index contributed by atoms with van der Waals surface area (Å²) < 4.78 is 81.0. The summed E-state index contributed by atoms with van der Waals surface area (Å²) in [5, 5.41) is 9.22. The zero-order chi connectivity index (χ0) is 19.5. The molecule has 0 saturated heterocycles. The van der Waals surface area contributed by atoms with Crippen LogP contribution < -0.4 is 10.5 Å². The lowest BCUT2D eigenvalue weighted by Gasteiger charge is -2.22. The minimum atomic E-state index is -4.88. The molecule has 2 aromatic carbocycles. The predicted octanol–water partition coefficient (Wildman–Crippen LogP) is 4.21. The first-order chi connectivity index (χ1) is 12.0. The van der Waals surface area contributed by atoms with Crippen LogP contribution in [0.3, 0.4) is 0 Å². The fourth-order valence-corrected chi connectivity index (χ4v) is 2.20. The molecule has 3 nitrogen and oxygen atoms in total. The summed E-state index contributed by atoms with van der Waals surface area (Å²) in [6.45, 7) is -0.218. The quantitative estimate of drug-likeness (QED) is 0.766. The van der Waals surface area contributed by atoms with Crippen LogP contribution in [0.2, 0.25) is 0 Å². The Morgan fingerprint density at radius 3 is 2.23 bits per heavy atom. The lowest BCUT2D eigenvalue weighted by atomic mass is 10.0. The van der Waals surface area contributed by atoms with Crippen LogP contribution in [0.1, 0.15) is 22.7 Å². The molecule has 0 bridgehead atoms. The van der Waals surface area contributed by atoms with Gasteiger partial charge in [-0.15, -0.1) is 0 Å². The van der Waals surface area contributed by atoms with E-state index in [1.54, 1.807) is 0 Å². The summed E-state index contributed by atoms with van der Waals surface area (Å²) in [6.07, 6.45) is -12.1. The SMILES string of the molecule is NC(c1cccc(OCc2cccc(C(F)(F)F)c2)c1)C(O)C(F)(F)F. The summed E-state index contributed by atoms with van der Waals surface area (Å²) in [6, 6.07) is 8.07. The van der Waals surface area contributed by atoms with E-state index in [9.17, 15) is 31.4 Å². The van der Waals surface area contributed by atoms with E-state index in [4.69, 9.17) is 10.5 Å². The second kappa shape index (κ2) is 7.55. The van der Waals surface area contributed by atoms with Gasteiger partial charge >= 0.3 is 12.4 Å². The number of benzene rings is 2. The number of alkyl halides is 6. The van der Waals surface area contributed by atoms with Gasteiger partial charge in [0.2, 0.25) is 0 Å². The topological polar surface area (TPSA) is 55.5 Å². The Morgan fingerprint density at radius 2 is 1.62 bits per heavy atom. The fraction of sp³-hybridized carbons (Fsp3) is 0.294. The van der Waals surface area contributed by atoms with Gasteiger partial charge in [0.1, 0.15) is 12.4 Å².